The van der Waals surface area contributed by atoms with E-state index in [4.69, 9.17) is 0 Å². The lowest BCUT2D eigenvalue weighted by atomic mass is 9.95. The monoisotopic (exact) mass is 357 g/mol. The molecule has 0 fully saturated rings. The van der Waals surface area contributed by atoms with E-state index in [1.165, 1.54) is 0 Å². The Bertz CT molecular complexity index is 977. The SMILES string of the molecule is Cc1cccc(NC(=O)[C@@H](C)c2cccc(C(=O)c3ccccc3)c2)c1C. The maximum absolute atomic E-state index is 12.7. The smallest absolute Gasteiger partial charge is 0.231 e. The first-order valence-corrected chi connectivity index (χ1v) is 9.04. The molecule has 0 aromatic heterocycles. The number of ketones is 1. The van der Waals surface area contributed by atoms with Crippen molar-refractivity contribution in [3.63, 3.8) is 0 Å². The molecular formula is C24H23NO2. The number of anilines is 1. The van der Waals surface area contributed by atoms with Crippen LogP contribution in [0.2, 0.25) is 0 Å². The van der Waals surface area contributed by atoms with Crippen molar-refractivity contribution in [2.24, 2.45) is 0 Å². The molecule has 0 spiro atoms. The molecule has 0 radical (unpaired) electrons. The molecule has 3 aromatic rings. The predicted octanol–water partition coefficient (Wildman–Crippen LogP) is 5.28. The zero-order valence-corrected chi connectivity index (χ0v) is 15.8. The quantitative estimate of drug-likeness (QED) is 0.632. The summed E-state index contributed by atoms with van der Waals surface area (Å²) < 4.78 is 0. The maximum Gasteiger partial charge on any atom is 0.231 e. The summed E-state index contributed by atoms with van der Waals surface area (Å²) in [6, 6.07) is 22.3. The van der Waals surface area contributed by atoms with Crippen LogP contribution in [0.4, 0.5) is 5.69 Å². The number of amides is 1. The molecule has 136 valence electrons. The van der Waals surface area contributed by atoms with Gasteiger partial charge in [-0.15, -0.1) is 0 Å². The fraction of sp³-hybridized carbons (Fsp3) is 0.167. The molecule has 3 heteroatoms. The van der Waals surface area contributed by atoms with Crippen LogP contribution in [-0.4, -0.2) is 11.7 Å². The fourth-order valence-electron chi connectivity index (χ4n) is 2.98. The third-order valence-corrected chi connectivity index (χ3v) is 4.94. The Labute approximate surface area is 160 Å². The molecule has 0 aliphatic rings. The number of carbonyl (C=O) groups excluding carboxylic acids is 2. The van der Waals surface area contributed by atoms with Gasteiger partial charge in [-0.25, -0.2) is 0 Å². The van der Waals surface area contributed by atoms with Gasteiger partial charge in [-0.05, 0) is 49.6 Å². The summed E-state index contributed by atoms with van der Waals surface area (Å²) in [4.78, 5) is 25.4. The molecule has 0 bridgehead atoms. The average Bonchev–Trinajstić information content (AvgIpc) is 2.71. The van der Waals surface area contributed by atoms with Crippen molar-refractivity contribution in [1.29, 1.82) is 0 Å². The molecule has 0 heterocycles. The van der Waals surface area contributed by atoms with E-state index in [0.29, 0.717) is 11.1 Å². The van der Waals surface area contributed by atoms with Crippen LogP contribution in [0, 0.1) is 13.8 Å². The molecule has 3 rings (SSSR count). The molecule has 3 nitrogen and oxygen atoms in total. The molecule has 27 heavy (non-hydrogen) atoms. The van der Waals surface area contributed by atoms with Crippen LogP contribution in [0.1, 0.15) is 45.5 Å². The van der Waals surface area contributed by atoms with Crippen LogP contribution in [0.3, 0.4) is 0 Å². The Kier molecular flexibility index (Phi) is 5.51. The number of aryl methyl sites for hydroxylation is 1. The normalized spacial score (nSPS) is 11.7. The van der Waals surface area contributed by atoms with Crippen LogP contribution in [0.5, 0.6) is 0 Å². The van der Waals surface area contributed by atoms with Crippen molar-refractivity contribution in [2.45, 2.75) is 26.7 Å². The molecule has 1 N–H and O–H groups in total. The fourth-order valence-corrected chi connectivity index (χ4v) is 2.98. The second-order valence-electron chi connectivity index (χ2n) is 6.78. The van der Waals surface area contributed by atoms with Crippen LogP contribution in [0.15, 0.2) is 72.8 Å². The summed E-state index contributed by atoms with van der Waals surface area (Å²) >= 11 is 0. The molecule has 0 aliphatic heterocycles. The summed E-state index contributed by atoms with van der Waals surface area (Å²) in [5.74, 6) is -0.499. The average molecular weight is 357 g/mol. The number of hydrogen-bond acceptors (Lipinski definition) is 2. The van der Waals surface area contributed by atoms with Crippen molar-refractivity contribution in [2.75, 3.05) is 5.32 Å². The highest BCUT2D eigenvalue weighted by Gasteiger charge is 2.18. The number of hydrogen-bond donors (Lipinski definition) is 1. The van der Waals surface area contributed by atoms with Gasteiger partial charge in [0.15, 0.2) is 5.78 Å². The second-order valence-corrected chi connectivity index (χ2v) is 6.78. The van der Waals surface area contributed by atoms with Crippen molar-refractivity contribution in [1.82, 2.24) is 0 Å². The van der Waals surface area contributed by atoms with Crippen molar-refractivity contribution in [3.8, 4) is 0 Å². The topological polar surface area (TPSA) is 46.2 Å². The van der Waals surface area contributed by atoms with Gasteiger partial charge in [-0.3, -0.25) is 9.59 Å². The third-order valence-electron chi connectivity index (χ3n) is 4.94. The zero-order chi connectivity index (χ0) is 19.4. The minimum atomic E-state index is -0.367. The Morgan fingerprint density at radius 3 is 2.22 bits per heavy atom. The molecule has 1 amide bonds. The van der Waals surface area contributed by atoms with Crippen molar-refractivity contribution < 1.29 is 9.59 Å². The van der Waals surface area contributed by atoms with E-state index in [9.17, 15) is 9.59 Å². The summed E-state index contributed by atoms with van der Waals surface area (Å²) in [7, 11) is 0. The Hall–Kier alpha value is -3.20. The van der Waals surface area contributed by atoms with Crippen molar-refractivity contribution in [3.05, 3.63) is 101 Å². The lowest BCUT2D eigenvalue weighted by molar-refractivity contribution is -0.117. The van der Waals surface area contributed by atoms with E-state index in [1.54, 1.807) is 18.2 Å². The van der Waals surface area contributed by atoms with Gasteiger partial charge in [0.2, 0.25) is 5.91 Å². The van der Waals surface area contributed by atoms with E-state index < -0.39 is 0 Å². The standard InChI is InChI=1S/C24H23NO2/c1-16-9-7-14-22(17(16)2)25-24(27)18(3)20-12-8-13-21(15-20)23(26)19-10-5-4-6-11-19/h4-15,18H,1-3H3,(H,25,27)/t18-/m0/s1. The van der Waals surface area contributed by atoms with Gasteiger partial charge in [0.25, 0.3) is 0 Å². The summed E-state index contributed by atoms with van der Waals surface area (Å²) in [5, 5.41) is 3.01. The number of benzene rings is 3. The van der Waals surface area contributed by atoms with E-state index in [0.717, 1.165) is 22.4 Å². The Morgan fingerprint density at radius 2 is 1.48 bits per heavy atom. The van der Waals surface area contributed by atoms with Crippen LogP contribution in [0.25, 0.3) is 0 Å². The molecule has 3 aromatic carbocycles. The van der Waals surface area contributed by atoms with E-state index in [2.05, 4.69) is 5.32 Å². The van der Waals surface area contributed by atoms with E-state index in [-0.39, 0.29) is 17.6 Å². The highest BCUT2D eigenvalue weighted by Crippen LogP contribution is 2.23. The van der Waals surface area contributed by atoms with Gasteiger partial charge < -0.3 is 5.32 Å². The summed E-state index contributed by atoms with van der Waals surface area (Å²) in [6.45, 7) is 5.87. The number of rotatable bonds is 5. The van der Waals surface area contributed by atoms with Gasteiger partial charge in [0.05, 0.1) is 5.92 Å². The van der Waals surface area contributed by atoms with Gasteiger partial charge in [-0.2, -0.15) is 0 Å². The molecule has 0 saturated carbocycles. The largest absolute Gasteiger partial charge is 0.325 e. The van der Waals surface area contributed by atoms with E-state index in [1.807, 2.05) is 75.4 Å². The number of carbonyl (C=O) groups is 2. The highest BCUT2D eigenvalue weighted by atomic mass is 16.2. The first-order chi connectivity index (χ1) is 13.0. The van der Waals surface area contributed by atoms with Crippen LogP contribution < -0.4 is 5.32 Å². The first-order valence-electron chi connectivity index (χ1n) is 9.04. The zero-order valence-electron chi connectivity index (χ0n) is 15.8. The number of nitrogens with one attached hydrogen (secondary N) is 1. The summed E-state index contributed by atoms with van der Waals surface area (Å²) in [5.41, 5.74) is 5.07. The lowest BCUT2D eigenvalue weighted by Crippen LogP contribution is -2.20. The van der Waals surface area contributed by atoms with Crippen LogP contribution >= 0.6 is 0 Å². The van der Waals surface area contributed by atoms with E-state index >= 15 is 0 Å². The molecule has 0 unspecified atom stereocenters. The molecular weight excluding hydrogens is 334 g/mol. The highest BCUT2D eigenvalue weighted by molar-refractivity contribution is 6.09. The molecule has 1 atom stereocenters. The van der Waals surface area contributed by atoms with Crippen LogP contribution in [-0.2, 0) is 4.79 Å². The van der Waals surface area contributed by atoms with Gasteiger partial charge in [-0.1, -0.05) is 60.7 Å². The van der Waals surface area contributed by atoms with Gasteiger partial charge in [0, 0.05) is 16.8 Å². The maximum atomic E-state index is 12.7. The molecule has 0 saturated heterocycles. The molecule has 0 aliphatic carbocycles. The summed E-state index contributed by atoms with van der Waals surface area (Å²) in [6.07, 6.45) is 0. The van der Waals surface area contributed by atoms with Gasteiger partial charge >= 0.3 is 0 Å². The third kappa shape index (κ3) is 4.14. The predicted molar refractivity (Wildman–Crippen MR) is 109 cm³/mol. The first kappa shape index (κ1) is 18.6. The Morgan fingerprint density at radius 1 is 0.815 bits per heavy atom. The lowest BCUT2D eigenvalue weighted by Gasteiger charge is -2.15. The van der Waals surface area contributed by atoms with Crippen molar-refractivity contribution >= 4 is 17.4 Å². The second kappa shape index (κ2) is 8.00. The Balaban J connectivity index is 1.81. The minimum absolute atomic E-state index is 0.0420. The minimum Gasteiger partial charge on any atom is -0.325 e. The van der Waals surface area contributed by atoms with Gasteiger partial charge in [0.1, 0.15) is 0 Å².